The minimum atomic E-state index is -0.0932. The van der Waals surface area contributed by atoms with Gasteiger partial charge in [-0.3, -0.25) is 4.79 Å². The molecule has 0 radical (unpaired) electrons. The molecular formula is C13H12O2. The van der Waals surface area contributed by atoms with Crippen LogP contribution in [0.5, 0.6) is 0 Å². The fraction of sp³-hybridized carbons (Fsp3) is 0.231. The maximum Gasteiger partial charge on any atom is 0.159 e. The second-order valence-corrected chi connectivity index (χ2v) is 3.78. The van der Waals surface area contributed by atoms with E-state index in [9.17, 15) is 9.59 Å². The van der Waals surface area contributed by atoms with Crippen molar-refractivity contribution in [2.45, 2.75) is 19.3 Å². The fourth-order valence-electron chi connectivity index (χ4n) is 1.86. The van der Waals surface area contributed by atoms with Gasteiger partial charge in [0.15, 0.2) is 5.78 Å². The Morgan fingerprint density at radius 1 is 1.47 bits per heavy atom. The molecule has 0 heterocycles. The number of aldehydes is 1. The third kappa shape index (κ3) is 1.75. The molecule has 0 bridgehead atoms. The van der Waals surface area contributed by atoms with Crippen LogP contribution in [0.3, 0.4) is 0 Å². The highest BCUT2D eigenvalue weighted by atomic mass is 16.1. The monoisotopic (exact) mass is 200 g/mol. The molecule has 0 N–H and O–H groups in total. The number of allylic oxidation sites excluding steroid dienone is 1. The summed E-state index contributed by atoms with van der Waals surface area (Å²) in [7, 11) is 0. The zero-order chi connectivity index (χ0) is 10.8. The van der Waals surface area contributed by atoms with Crippen LogP contribution in [0.2, 0.25) is 0 Å². The Morgan fingerprint density at radius 3 is 2.93 bits per heavy atom. The van der Waals surface area contributed by atoms with Crippen molar-refractivity contribution >= 4 is 18.1 Å². The molecule has 1 unspecified atom stereocenters. The van der Waals surface area contributed by atoms with Crippen LogP contribution < -0.4 is 0 Å². The molecule has 0 spiro atoms. The van der Waals surface area contributed by atoms with E-state index in [-0.39, 0.29) is 11.7 Å². The van der Waals surface area contributed by atoms with Gasteiger partial charge in [0, 0.05) is 11.5 Å². The molecule has 0 amide bonds. The summed E-state index contributed by atoms with van der Waals surface area (Å²) in [6, 6.07) is 5.54. The smallest absolute Gasteiger partial charge is 0.159 e. The van der Waals surface area contributed by atoms with Gasteiger partial charge in [-0.05, 0) is 30.5 Å². The number of Topliss-reactive ketones (excluding diaryl/α,β-unsaturated/α-hetero) is 1. The van der Waals surface area contributed by atoms with E-state index in [4.69, 9.17) is 0 Å². The molecule has 0 saturated heterocycles. The number of ketones is 1. The summed E-state index contributed by atoms with van der Waals surface area (Å²) in [6.07, 6.45) is 5.68. The van der Waals surface area contributed by atoms with Gasteiger partial charge in [-0.1, -0.05) is 24.3 Å². The Balaban J connectivity index is 2.53. The van der Waals surface area contributed by atoms with E-state index in [1.54, 1.807) is 6.07 Å². The minimum absolute atomic E-state index is 0.0389. The summed E-state index contributed by atoms with van der Waals surface area (Å²) >= 11 is 0. The lowest BCUT2D eigenvalue weighted by Gasteiger charge is -2.17. The van der Waals surface area contributed by atoms with Crippen LogP contribution in [0.15, 0.2) is 24.3 Å². The lowest BCUT2D eigenvalue weighted by atomic mass is 9.86. The van der Waals surface area contributed by atoms with Crippen molar-refractivity contribution in [1.82, 2.24) is 0 Å². The molecule has 1 atom stereocenters. The SMILES string of the molecule is CC(=O)c1ccc2c(c1)C(C=O)CC=C2. The van der Waals surface area contributed by atoms with Gasteiger partial charge in [-0.2, -0.15) is 0 Å². The predicted molar refractivity (Wildman–Crippen MR) is 58.9 cm³/mol. The number of fused-ring (bicyclic) bond motifs is 1. The van der Waals surface area contributed by atoms with Crippen molar-refractivity contribution in [3.8, 4) is 0 Å². The first-order chi connectivity index (χ1) is 7.22. The van der Waals surface area contributed by atoms with Gasteiger partial charge in [-0.15, -0.1) is 0 Å². The van der Waals surface area contributed by atoms with E-state index in [1.165, 1.54) is 6.92 Å². The largest absolute Gasteiger partial charge is 0.303 e. The predicted octanol–water partition coefficient (Wildman–Crippen LogP) is 2.59. The molecule has 1 aliphatic carbocycles. The summed E-state index contributed by atoms with van der Waals surface area (Å²) in [6.45, 7) is 1.54. The Bertz CT molecular complexity index is 444. The normalized spacial score (nSPS) is 18.3. The molecule has 2 heteroatoms. The number of hydrogen-bond donors (Lipinski definition) is 0. The molecular weight excluding hydrogens is 188 g/mol. The Labute approximate surface area is 88.6 Å². The van der Waals surface area contributed by atoms with Crippen LogP contribution in [0.1, 0.15) is 40.7 Å². The molecule has 1 aliphatic rings. The molecule has 1 aromatic carbocycles. The summed E-state index contributed by atoms with van der Waals surface area (Å²) < 4.78 is 0. The lowest BCUT2D eigenvalue weighted by Crippen LogP contribution is -2.06. The molecule has 0 fully saturated rings. The molecule has 0 aromatic heterocycles. The molecule has 2 nitrogen and oxygen atoms in total. The topological polar surface area (TPSA) is 34.1 Å². The molecule has 15 heavy (non-hydrogen) atoms. The van der Waals surface area contributed by atoms with Crippen LogP contribution in [-0.2, 0) is 4.79 Å². The van der Waals surface area contributed by atoms with Gasteiger partial charge in [0.05, 0.1) is 0 Å². The molecule has 0 aliphatic heterocycles. The third-order valence-corrected chi connectivity index (χ3v) is 2.74. The van der Waals surface area contributed by atoms with Crippen molar-refractivity contribution in [2.24, 2.45) is 0 Å². The van der Waals surface area contributed by atoms with Gasteiger partial charge in [0.2, 0.25) is 0 Å². The number of hydrogen-bond acceptors (Lipinski definition) is 2. The first-order valence-electron chi connectivity index (χ1n) is 4.99. The van der Waals surface area contributed by atoms with Crippen molar-refractivity contribution in [3.63, 3.8) is 0 Å². The lowest BCUT2D eigenvalue weighted by molar-refractivity contribution is -0.109. The minimum Gasteiger partial charge on any atom is -0.303 e. The second-order valence-electron chi connectivity index (χ2n) is 3.78. The van der Waals surface area contributed by atoms with Crippen LogP contribution in [-0.4, -0.2) is 12.1 Å². The first-order valence-corrected chi connectivity index (χ1v) is 4.99. The fourth-order valence-corrected chi connectivity index (χ4v) is 1.86. The molecule has 76 valence electrons. The summed E-state index contributed by atoms with van der Waals surface area (Å²) in [5, 5.41) is 0. The molecule has 1 aromatic rings. The van der Waals surface area contributed by atoms with E-state index in [0.29, 0.717) is 5.56 Å². The van der Waals surface area contributed by atoms with Gasteiger partial charge in [0.25, 0.3) is 0 Å². The second kappa shape index (κ2) is 3.81. The number of carbonyl (C=O) groups excluding carboxylic acids is 2. The van der Waals surface area contributed by atoms with E-state index < -0.39 is 0 Å². The van der Waals surface area contributed by atoms with E-state index in [1.807, 2.05) is 24.3 Å². The summed E-state index contributed by atoms with van der Waals surface area (Å²) in [4.78, 5) is 22.1. The van der Waals surface area contributed by atoms with Crippen LogP contribution in [0, 0.1) is 0 Å². The van der Waals surface area contributed by atoms with Crippen LogP contribution in [0.25, 0.3) is 6.08 Å². The zero-order valence-electron chi connectivity index (χ0n) is 8.57. The number of carbonyl (C=O) groups is 2. The average Bonchev–Trinajstić information content (AvgIpc) is 2.27. The number of benzene rings is 1. The zero-order valence-corrected chi connectivity index (χ0v) is 8.57. The summed E-state index contributed by atoms with van der Waals surface area (Å²) in [5.41, 5.74) is 2.69. The Morgan fingerprint density at radius 2 is 2.27 bits per heavy atom. The highest BCUT2D eigenvalue weighted by molar-refractivity contribution is 5.95. The summed E-state index contributed by atoms with van der Waals surface area (Å²) in [5.74, 6) is -0.0543. The standard InChI is InChI=1S/C13H12O2/c1-9(15)11-6-5-10-3-2-4-12(8-14)13(10)7-11/h2-3,5-8,12H,4H2,1H3. The highest BCUT2D eigenvalue weighted by Gasteiger charge is 2.17. The molecule has 0 saturated carbocycles. The maximum atomic E-state index is 11.2. The van der Waals surface area contributed by atoms with Crippen LogP contribution in [0.4, 0.5) is 0 Å². The van der Waals surface area contributed by atoms with Crippen molar-refractivity contribution in [1.29, 1.82) is 0 Å². The van der Waals surface area contributed by atoms with Crippen molar-refractivity contribution < 1.29 is 9.59 Å². The first kappa shape index (κ1) is 9.84. The van der Waals surface area contributed by atoms with Gasteiger partial charge in [0.1, 0.15) is 6.29 Å². The highest BCUT2D eigenvalue weighted by Crippen LogP contribution is 2.29. The quantitative estimate of drug-likeness (QED) is 0.543. The average molecular weight is 200 g/mol. The number of rotatable bonds is 2. The van der Waals surface area contributed by atoms with Crippen LogP contribution >= 0.6 is 0 Å². The van der Waals surface area contributed by atoms with Crippen molar-refractivity contribution in [3.05, 3.63) is 41.0 Å². The maximum absolute atomic E-state index is 11.2. The van der Waals surface area contributed by atoms with E-state index >= 15 is 0 Å². The Hall–Kier alpha value is -1.70. The van der Waals surface area contributed by atoms with E-state index in [2.05, 4.69) is 0 Å². The third-order valence-electron chi connectivity index (χ3n) is 2.74. The van der Waals surface area contributed by atoms with Gasteiger partial charge < -0.3 is 4.79 Å². The van der Waals surface area contributed by atoms with Crippen molar-refractivity contribution in [2.75, 3.05) is 0 Å². The van der Waals surface area contributed by atoms with Gasteiger partial charge >= 0.3 is 0 Å². The Kier molecular flexibility index (Phi) is 2.50. The molecule has 2 rings (SSSR count). The van der Waals surface area contributed by atoms with E-state index in [0.717, 1.165) is 23.8 Å². The van der Waals surface area contributed by atoms with Gasteiger partial charge in [-0.25, -0.2) is 0 Å².